The second-order valence-corrected chi connectivity index (χ2v) is 6.18. The van der Waals surface area contributed by atoms with E-state index in [1.807, 2.05) is 37.3 Å². The summed E-state index contributed by atoms with van der Waals surface area (Å²) in [4.78, 5) is 7.83. The fraction of sp³-hybridized carbons (Fsp3) is 0.389. The lowest BCUT2D eigenvalue weighted by atomic mass is 10.0. The molecule has 2 unspecified atom stereocenters. The molecule has 114 valence electrons. The molecular weight excluding hydrogens is 296 g/mol. The standard InChI is InChI=1S/C18H19ClN2O/c1-14(2-3-15-4-6-17(19)7-5-15)9-11-22-20-18-13-21-10-8-16(18)12-21/h4-7,9,16H,8,10-13H2,1H3/b14-9+,20-18-. The van der Waals surface area contributed by atoms with Crippen molar-refractivity contribution in [3.05, 3.63) is 46.5 Å². The molecular formula is C18H19ClN2O. The lowest BCUT2D eigenvalue weighted by Gasteiger charge is -2.12. The largest absolute Gasteiger partial charge is 0.392 e. The third-order valence-electron chi connectivity index (χ3n) is 4.02. The van der Waals surface area contributed by atoms with Crippen molar-refractivity contribution in [2.45, 2.75) is 13.3 Å². The molecule has 0 amide bonds. The topological polar surface area (TPSA) is 24.8 Å². The summed E-state index contributed by atoms with van der Waals surface area (Å²) in [6, 6.07) is 7.51. The maximum atomic E-state index is 5.84. The number of nitrogens with zero attached hydrogens (tertiary/aromatic N) is 2. The Morgan fingerprint density at radius 1 is 1.45 bits per heavy atom. The molecule has 1 aromatic rings. The molecule has 0 aromatic heterocycles. The lowest BCUT2D eigenvalue weighted by molar-refractivity contribution is 0.171. The van der Waals surface area contributed by atoms with Crippen LogP contribution in [0.2, 0.25) is 5.02 Å². The quantitative estimate of drug-likeness (QED) is 0.485. The summed E-state index contributed by atoms with van der Waals surface area (Å²) >= 11 is 5.84. The molecule has 2 fully saturated rings. The summed E-state index contributed by atoms with van der Waals surface area (Å²) < 4.78 is 0. The molecule has 4 heteroatoms. The van der Waals surface area contributed by atoms with Crippen molar-refractivity contribution >= 4 is 17.3 Å². The van der Waals surface area contributed by atoms with Crippen LogP contribution in [0.5, 0.6) is 0 Å². The summed E-state index contributed by atoms with van der Waals surface area (Å²) in [5, 5.41) is 5.00. The molecule has 0 N–H and O–H groups in total. The number of hydrogen-bond acceptors (Lipinski definition) is 3. The summed E-state index contributed by atoms with van der Waals surface area (Å²) in [5.74, 6) is 6.83. The molecule has 0 spiro atoms. The molecule has 2 aliphatic rings. The maximum absolute atomic E-state index is 5.84. The number of halogens is 1. The van der Waals surface area contributed by atoms with Crippen LogP contribution in [-0.2, 0) is 4.84 Å². The van der Waals surface area contributed by atoms with E-state index in [1.54, 1.807) is 0 Å². The molecule has 1 aromatic carbocycles. The van der Waals surface area contributed by atoms with Crippen molar-refractivity contribution in [1.29, 1.82) is 0 Å². The Balaban J connectivity index is 1.48. The molecule has 0 saturated carbocycles. The Kier molecular flexibility index (Phi) is 4.82. The Bertz CT molecular complexity index is 652. The summed E-state index contributed by atoms with van der Waals surface area (Å²) in [6.45, 7) is 5.79. The second kappa shape index (κ2) is 7.00. The Morgan fingerprint density at radius 3 is 2.95 bits per heavy atom. The average molecular weight is 315 g/mol. The van der Waals surface area contributed by atoms with Gasteiger partial charge in [-0.3, -0.25) is 4.90 Å². The van der Waals surface area contributed by atoms with Gasteiger partial charge in [0.15, 0.2) is 0 Å². The van der Waals surface area contributed by atoms with Crippen LogP contribution in [0.3, 0.4) is 0 Å². The van der Waals surface area contributed by atoms with Crippen molar-refractivity contribution in [1.82, 2.24) is 4.90 Å². The van der Waals surface area contributed by atoms with Crippen LogP contribution < -0.4 is 0 Å². The van der Waals surface area contributed by atoms with Crippen LogP contribution in [0.15, 0.2) is 41.1 Å². The Morgan fingerprint density at radius 2 is 2.27 bits per heavy atom. The number of benzene rings is 1. The van der Waals surface area contributed by atoms with Gasteiger partial charge >= 0.3 is 0 Å². The van der Waals surface area contributed by atoms with E-state index in [4.69, 9.17) is 16.4 Å². The molecule has 2 saturated heterocycles. The monoisotopic (exact) mass is 314 g/mol. The number of oxime groups is 1. The number of piperidine rings is 1. The minimum atomic E-state index is 0.470. The average Bonchev–Trinajstić information content (AvgIpc) is 3.14. The minimum Gasteiger partial charge on any atom is -0.392 e. The Hall–Kier alpha value is -1.76. The van der Waals surface area contributed by atoms with Crippen LogP contribution in [0, 0.1) is 17.8 Å². The minimum absolute atomic E-state index is 0.470. The molecule has 2 heterocycles. The van der Waals surface area contributed by atoms with E-state index in [2.05, 4.69) is 21.9 Å². The van der Waals surface area contributed by atoms with E-state index >= 15 is 0 Å². The van der Waals surface area contributed by atoms with Gasteiger partial charge in [-0.05, 0) is 55.8 Å². The van der Waals surface area contributed by atoms with Gasteiger partial charge in [0.2, 0.25) is 0 Å². The molecule has 2 aliphatic heterocycles. The molecule has 0 aliphatic carbocycles. The first-order chi connectivity index (χ1) is 10.7. The number of rotatable bonds is 3. The van der Waals surface area contributed by atoms with Crippen LogP contribution in [0.4, 0.5) is 0 Å². The highest BCUT2D eigenvalue weighted by molar-refractivity contribution is 6.30. The fourth-order valence-electron chi connectivity index (χ4n) is 2.75. The molecule has 2 bridgehead atoms. The Labute approximate surface area is 136 Å². The van der Waals surface area contributed by atoms with Crippen molar-refractivity contribution in [2.24, 2.45) is 11.1 Å². The van der Waals surface area contributed by atoms with E-state index < -0.39 is 0 Å². The normalized spacial score (nSPS) is 25.2. The highest BCUT2D eigenvalue weighted by Gasteiger charge is 2.35. The van der Waals surface area contributed by atoms with Gasteiger partial charge in [-0.2, -0.15) is 0 Å². The van der Waals surface area contributed by atoms with Crippen LogP contribution in [-0.4, -0.2) is 36.9 Å². The van der Waals surface area contributed by atoms with Gasteiger partial charge in [0.25, 0.3) is 0 Å². The number of allylic oxidation sites excluding steroid dienone is 1. The van der Waals surface area contributed by atoms with Crippen LogP contribution >= 0.6 is 11.6 Å². The van der Waals surface area contributed by atoms with Crippen molar-refractivity contribution in [3.63, 3.8) is 0 Å². The van der Waals surface area contributed by atoms with Gasteiger partial charge in [-0.25, -0.2) is 0 Å². The van der Waals surface area contributed by atoms with Gasteiger partial charge in [0, 0.05) is 29.6 Å². The first kappa shape index (κ1) is 15.1. The van der Waals surface area contributed by atoms with E-state index in [0.29, 0.717) is 12.5 Å². The fourth-order valence-corrected chi connectivity index (χ4v) is 2.87. The van der Waals surface area contributed by atoms with E-state index in [0.717, 1.165) is 29.2 Å². The summed E-state index contributed by atoms with van der Waals surface area (Å²) in [5.41, 5.74) is 3.13. The third kappa shape index (κ3) is 3.91. The maximum Gasteiger partial charge on any atom is 0.136 e. The van der Waals surface area contributed by atoms with Crippen molar-refractivity contribution < 1.29 is 4.84 Å². The van der Waals surface area contributed by atoms with Gasteiger partial charge in [-0.1, -0.05) is 28.6 Å². The van der Waals surface area contributed by atoms with Gasteiger partial charge < -0.3 is 4.84 Å². The van der Waals surface area contributed by atoms with E-state index in [-0.39, 0.29) is 0 Å². The zero-order valence-corrected chi connectivity index (χ0v) is 13.4. The molecule has 3 rings (SSSR count). The zero-order chi connectivity index (χ0) is 15.4. The van der Waals surface area contributed by atoms with Crippen LogP contribution in [0.1, 0.15) is 18.9 Å². The predicted molar refractivity (Wildman–Crippen MR) is 90.0 cm³/mol. The molecule has 2 atom stereocenters. The summed E-state index contributed by atoms with van der Waals surface area (Å²) in [7, 11) is 0. The SMILES string of the molecule is C/C(C#Cc1ccc(Cl)cc1)=C\CO/N=C1/CN2CCC1C2. The number of hydrogen-bond donors (Lipinski definition) is 0. The van der Waals surface area contributed by atoms with Gasteiger partial charge in [0.05, 0.1) is 5.71 Å². The van der Waals surface area contributed by atoms with Crippen LogP contribution in [0.25, 0.3) is 0 Å². The van der Waals surface area contributed by atoms with Crippen molar-refractivity contribution in [2.75, 3.05) is 26.2 Å². The van der Waals surface area contributed by atoms with E-state index in [1.165, 1.54) is 18.7 Å². The highest BCUT2D eigenvalue weighted by atomic mass is 35.5. The molecule has 0 radical (unpaired) electrons. The molecule has 3 nitrogen and oxygen atoms in total. The first-order valence-electron chi connectivity index (χ1n) is 7.56. The highest BCUT2D eigenvalue weighted by Crippen LogP contribution is 2.25. The number of fused-ring (bicyclic) bond motifs is 2. The van der Waals surface area contributed by atoms with Crippen molar-refractivity contribution in [3.8, 4) is 11.8 Å². The van der Waals surface area contributed by atoms with Gasteiger partial charge in [0.1, 0.15) is 6.61 Å². The van der Waals surface area contributed by atoms with Gasteiger partial charge in [-0.15, -0.1) is 0 Å². The third-order valence-corrected chi connectivity index (χ3v) is 4.28. The molecule has 22 heavy (non-hydrogen) atoms. The second-order valence-electron chi connectivity index (χ2n) is 5.74. The summed E-state index contributed by atoms with van der Waals surface area (Å²) in [6.07, 6.45) is 3.18. The smallest absolute Gasteiger partial charge is 0.136 e. The van der Waals surface area contributed by atoms with E-state index in [9.17, 15) is 0 Å². The lowest BCUT2D eigenvalue weighted by Crippen LogP contribution is -2.23. The first-order valence-corrected chi connectivity index (χ1v) is 7.94. The predicted octanol–water partition coefficient (Wildman–Crippen LogP) is 3.35. The zero-order valence-electron chi connectivity index (χ0n) is 12.7.